The van der Waals surface area contributed by atoms with E-state index in [1.807, 2.05) is 27.7 Å². The molecule has 1 aliphatic rings. The number of carbonyl (C=O) groups is 1. The van der Waals surface area contributed by atoms with Crippen LogP contribution in [0.2, 0.25) is 10.0 Å². The molecule has 1 aromatic carbocycles. The van der Waals surface area contributed by atoms with Crippen LogP contribution in [0.3, 0.4) is 0 Å². The molecule has 176 valence electrons. The first-order valence-corrected chi connectivity index (χ1v) is 11.6. The topological polar surface area (TPSA) is 91.9 Å². The van der Waals surface area contributed by atoms with Crippen LogP contribution in [0, 0.1) is 5.41 Å². The van der Waals surface area contributed by atoms with Crippen molar-refractivity contribution in [1.29, 1.82) is 0 Å². The Morgan fingerprint density at radius 3 is 2.39 bits per heavy atom. The smallest absolute Gasteiger partial charge is 0.255 e. The van der Waals surface area contributed by atoms with Gasteiger partial charge in [-0.3, -0.25) is 9.78 Å². The van der Waals surface area contributed by atoms with Crippen LogP contribution in [0.15, 0.2) is 18.5 Å². The normalized spacial score (nSPS) is 15.3. The summed E-state index contributed by atoms with van der Waals surface area (Å²) in [5.74, 6) is 0.849. The zero-order chi connectivity index (χ0) is 24.3. The number of H-pyrrole nitrogens is 1. The third kappa shape index (κ3) is 4.36. The van der Waals surface area contributed by atoms with Crippen LogP contribution in [0.5, 0.6) is 5.75 Å². The summed E-state index contributed by atoms with van der Waals surface area (Å²) in [7, 11) is 0. The lowest BCUT2D eigenvalue weighted by atomic mass is 9.76. The van der Waals surface area contributed by atoms with Crippen molar-refractivity contribution in [2.24, 2.45) is 5.41 Å². The molecule has 0 spiro atoms. The summed E-state index contributed by atoms with van der Waals surface area (Å²) in [5.41, 5.74) is 2.33. The van der Waals surface area contributed by atoms with Crippen LogP contribution < -0.4 is 15.4 Å². The minimum Gasteiger partial charge on any atom is -0.486 e. The Morgan fingerprint density at radius 2 is 1.79 bits per heavy atom. The van der Waals surface area contributed by atoms with Gasteiger partial charge in [-0.1, -0.05) is 44.0 Å². The van der Waals surface area contributed by atoms with Gasteiger partial charge in [-0.05, 0) is 39.2 Å². The number of pyridine rings is 1. The monoisotopic (exact) mass is 489 g/mol. The number of halogens is 2. The average molecular weight is 490 g/mol. The fourth-order valence-electron chi connectivity index (χ4n) is 3.64. The Hall–Kier alpha value is -2.51. The number of carbonyl (C=O) groups excluding carboxylic acids is 1. The molecule has 0 saturated carbocycles. The fraction of sp³-hybridized carbons (Fsp3) is 0.458. The second-order valence-electron chi connectivity index (χ2n) is 10.7. The standard InChI is InChI=1S/C24H29Cl2N5O2/c1-22(2,3)24(6,7)31-20(32)12-8-16-17(13-9-23(4,5)33-19(12)13)29-21(28-16)30-18-14(25)10-27-11-15(18)26/h8,10-11H,9H2,1-7H3,(H,31,32)(H2,27,28,29,30). The second-order valence-corrected chi connectivity index (χ2v) is 11.5. The number of benzene rings is 1. The highest BCUT2D eigenvalue weighted by molar-refractivity contribution is 6.39. The maximum atomic E-state index is 13.4. The predicted molar refractivity (Wildman–Crippen MR) is 133 cm³/mol. The van der Waals surface area contributed by atoms with Crippen molar-refractivity contribution in [3.05, 3.63) is 39.6 Å². The number of nitrogens with one attached hydrogen (secondary N) is 3. The molecule has 0 unspecified atom stereocenters. The van der Waals surface area contributed by atoms with Gasteiger partial charge in [0.1, 0.15) is 11.4 Å². The van der Waals surface area contributed by atoms with Gasteiger partial charge >= 0.3 is 0 Å². The largest absolute Gasteiger partial charge is 0.486 e. The van der Waals surface area contributed by atoms with E-state index in [1.165, 1.54) is 12.4 Å². The van der Waals surface area contributed by atoms with Crippen molar-refractivity contribution in [3.8, 4) is 5.75 Å². The third-order valence-corrected chi connectivity index (χ3v) is 7.02. The highest BCUT2D eigenvalue weighted by atomic mass is 35.5. The zero-order valence-corrected chi connectivity index (χ0v) is 21.4. The molecule has 1 aliphatic heterocycles. The Balaban J connectivity index is 1.79. The van der Waals surface area contributed by atoms with Crippen molar-refractivity contribution in [1.82, 2.24) is 20.3 Å². The number of aromatic amines is 1. The van der Waals surface area contributed by atoms with E-state index in [1.54, 1.807) is 6.07 Å². The number of nitrogens with zero attached hydrogens (tertiary/aromatic N) is 2. The number of hydrogen-bond acceptors (Lipinski definition) is 5. The van der Waals surface area contributed by atoms with Crippen molar-refractivity contribution < 1.29 is 9.53 Å². The number of imidazole rings is 1. The molecule has 0 radical (unpaired) electrons. The summed E-state index contributed by atoms with van der Waals surface area (Å²) in [6.07, 6.45) is 3.64. The maximum absolute atomic E-state index is 13.4. The number of rotatable bonds is 4. The van der Waals surface area contributed by atoms with Gasteiger partial charge in [-0.25, -0.2) is 4.98 Å². The van der Waals surface area contributed by atoms with Crippen LogP contribution in [0.1, 0.15) is 64.4 Å². The van der Waals surface area contributed by atoms with E-state index < -0.39 is 11.1 Å². The SMILES string of the molecule is CC1(C)Cc2c(c(C(=O)NC(C)(C)C(C)(C)C)cc3[nH]c(Nc4c(Cl)cncc4Cl)nc23)O1. The van der Waals surface area contributed by atoms with E-state index in [0.717, 1.165) is 16.6 Å². The summed E-state index contributed by atoms with van der Waals surface area (Å²) in [6.45, 7) is 14.3. The summed E-state index contributed by atoms with van der Waals surface area (Å²) in [5, 5.41) is 7.08. The lowest BCUT2D eigenvalue weighted by Gasteiger charge is -2.39. The number of hydrogen-bond donors (Lipinski definition) is 3. The first-order chi connectivity index (χ1) is 15.2. The van der Waals surface area contributed by atoms with Crippen LogP contribution in [-0.2, 0) is 6.42 Å². The van der Waals surface area contributed by atoms with E-state index in [9.17, 15) is 4.79 Å². The Kier molecular flexibility index (Phi) is 5.57. The highest BCUT2D eigenvalue weighted by Crippen LogP contribution is 2.43. The van der Waals surface area contributed by atoms with Crippen LogP contribution in [0.25, 0.3) is 11.0 Å². The lowest BCUT2D eigenvalue weighted by Crippen LogP contribution is -2.52. The first-order valence-electron chi connectivity index (χ1n) is 10.8. The van der Waals surface area contributed by atoms with Crippen LogP contribution in [-0.4, -0.2) is 32.0 Å². The Labute approximate surface area is 203 Å². The highest BCUT2D eigenvalue weighted by Gasteiger charge is 2.39. The molecular weight excluding hydrogens is 461 g/mol. The minimum atomic E-state index is -0.449. The molecule has 2 aromatic heterocycles. The molecule has 0 aliphatic carbocycles. The van der Waals surface area contributed by atoms with Crippen molar-refractivity contribution in [3.63, 3.8) is 0 Å². The van der Waals surface area contributed by atoms with Crippen LogP contribution >= 0.6 is 23.2 Å². The molecule has 7 nitrogen and oxygen atoms in total. The minimum absolute atomic E-state index is 0.135. The molecular formula is C24H29Cl2N5O2. The maximum Gasteiger partial charge on any atom is 0.255 e. The molecule has 0 atom stereocenters. The van der Waals surface area contributed by atoms with E-state index in [4.69, 9.17) is 32.9 Å². The molecule has 0 saturated heterocycles. The van der Waals surface area contributed by atoms with E-state index in [2.05, 4.69) is 41.4 Å². The molecule has 1 amide bonds. The number of aromatic nitrogens is 3. The van der Waals surface area contributed by atoms with Gasteiger partial charge in [0.25, 0.3) is 5.91 Å². The van der Waals surface area contributed by atoms with Gasteiger partial charge in [0.15, 0.2) is 0 Å². The van der Waals surface area contributed by atoms with Gasteiger partial charge in [-0.15, -0.1) is 0 Å². The lowest BCUT2D eigenvalue weighted by molar-refractivity contribution is 0.0818. The second kappa shape index (κ2) is 7.77. The van der Waals surface area contributed by atoms with Gasteiger partial charge < -0.3 is 20.4 Å². The van der Waals surface area contributed by atoms with Gasteiger partial charge in [0.05, 0.1) is 32.3 Å². The molecule has 3 heterocycles. The van der Waals surface area contributed by atoms with E-state index in [-0.39, 0.29) is 11.3 Å². The summed E-state index contributed by atoms with van der Waals surface area (Å²) in [6, 6.07) is 1.79. The Morgan fingerprint density at radius 1 is 1.15 bits per heavy atom. The molecule has 3 aromatic rings. The van der Waals surface area contributed by atoms with Crippen molar-refractivity contribution >= 4 is 51.8 Å². The number of fused-ring (bicyclic) bond motifs is 3. The molecule has 9 heteroatoms. The molecule has 0 fully saturated rings. The number of ether oxygens (including phenoxy) is 1. The summed E-state index contributed by atoms with van der Waals surface area (Å²) >= 11 is 12.5. The van der Waals surface area contributed by atoms with Crippen molar-refractivity contribution in [2.75, 3.05) is 5.32 Å². The van der Waals surface area contributed by atoms with Gasteiger partial charge in [0, 0.05) is 29.9 Å². The van der Waals surface area contributed by atoms with Crippen molar-refractivity contribution in [2.45, 2.75) is 66.0 Å². The summed E-state index contributed by atoms with van der Waals surface area (Å²) in [4.78, 5) is 25.4. The number of amides is 1. The Bertz CT molecular complexity index is 1240. The zero-order valence-electron chi connectivity index (χ0n) is 19.9. The number of anilines is 2. The van der Waals surface area contributed by atoms with Gasteiger partial charge in [-0.2, -0.15) is 0 Å². The molecule has 4 rings (SSSR count). The fourth-order valence-corrected chi connectivity index (χ4v) is 4.09. The quantitative estimate of drug-likeness (QED) is 0.401. The van der Waals surface area contributed by atoms with Gasteiger partial charge in [0.2, 0.25) is 5.95 Å². The predicted octanol–water partition coefficient (Wildman–Crippen LogP) is 6.28. The van der Waals surface area contributed by atoms with Crippen LogP contribution in [0.4, 0.5) is 11.6 Å². The molecule has 33 heavy (non-hydrogen) atoms. The van der Waals surface area contributed by atoms with E-state index in [0.29, 0.717) is 39.4 Å². The summed E-state index contributed by atoms with van der Waals surface area (Å²) < 4.78 is 6.23. The molecule has 0 bridgehead atoms. The molecule has 3 N–H and O–H groups in total. The average Bonchev–Trinajstić information content (AvgIpc) is 3.21. The third-order valence-electron chi connectivity index (χ3n) is 6.45. The first kappa shape index (κ1) is 23.6. The van der Waals surface area contributed by atoms with E-state index >= 15 is 0 Å².